The summed E-state index contributed by atoms with van der Waals surface area (Å²) >= 11 is 1.88. The molecule has 212 valence electrons. The third kappa shape index (κ3) is 7.36. The zero-order valence-electron chi connectivity index (χ0n) is 23.5. The summed E-state index contributed by atoms with van der Waals surface area (Å²) in [5.74, 6) is 2.28. The molecule has 9 heteroatoms. The highest BCUT2D eigenvalue weighted by molar-refractivity contribution is 7.97. The summed E-state index contributed by atoms with van der Waals surface area (Å²) in [5, 5.41) is 0.427. The fourth-order valence-electron chi connectivity index (χ4n) is 4.61. The molecule has 2 heterocycles. The van der Waals surface area contributed by atoms with Crippen molar-refractivity contribution in [3.05, 3.63) is 108 Å². The Morgan fingerprint density at radius 2 is 1.51 bits per heavy atom. The Morgan fingerprint density at radius 3 is 2.02 bits per heavy atom. The van der Waals surface area contributed by atoms with Crippen molar-refractivity contribution >= 4 is 34.9 Å². The molecule has 0 unspecified atom stereocenters. The molecule has 0 spiro atoms. The summed E-state index contributed by atoms with van der Waals surface area (Å²) in [5.41, 5.74) is 11.7. The smallest absolute Gasteiger partial charge is 0.130 e. The predicted octanol–water partition coefficient (Wildman–Crippen LogP) is 6.50. The van der Waals surface area contributed by atoms with Crippen LogP contribution in [0.5, 0.6) is 11.5 Å². The molecule has 1 fully saturated rings. The Hall–Kier alpha value is -4.08. The fourth-order valence-corrected chi connectivity index (χ4v) is 5.97. The van der Waals surface area contributed by atoms with Crippen molar-refractivity contribution in [2.45, 2.75) is 25.3 Å². The third-order valence-electron chi connectivity index (χ3n) is 6.94. The lowest BCUT2D eigenvalue weighted by atomic mass is 10.1. The van der Waals surface area contributed by atoms with E-state index >= 15 is 0 Å². The zero-order chi connectivity index (χ0) is 28.8. The number of nitrogens with two attached hydrogens (primary N) is 1. The second kappa shape index (κ2) is 13.1. The van der Waals surface area contributed by atoms with Crippen molar-refractivity contribution in [3.63, 3.8) is 0 Å². The first-order valence-corrected chi connectivity index (χ1v) is 14.2. The molecular weight excluding hydrogens is 537 g/mol. The molecule has 2 N–H and O–H groups in total. The summed E-state index contributed by atoms with van der Waals surface area (Å²) in [6, 6.07) is 24.4. The summed E-state index contributed by atoms with van der Waals surface area (Å²) in [6.45, 7) is 5.25. The van der Waals surface area contributed by atoms with Crippen LogP contribution >= 0.6 is 11.9 Å². The van der Waals surface area contributed by atoms with Crippen LogP contribution in [0.2, 0.25) is 0 Å². The van der Waals surface area contributed by atoms with Gasteiger partial charge in [0, 0.05) is 55.4 Å². The van der Waals surface area contributed by atoms with Crippen LogP contribution < -0.4 is 20.1 Å². The Morgan fingerprint density at radius 1 is 0.951 bits per heavy atom. The molecule has 1 saturated heterocycles. The van der Waals surface area contributed by atoms with Crippen LogP contribution in [0.25, 0.3) is 0 Å². The number of halogens is 1. The van der Waals surface area contributed by atoms with Gasteiger partial charge in [-0.25, -0.2) is 13.7 Å². The van der Waals surface area contributed by atoms with Crippen LogP contribution in [-0.2, 0) is 13.1 Å². The zero-order valence-corrected chi connectivity index (χ0v) is 24.3. The minimum atomic E-state index is -0.289. The average Bonchev–Trinajstić information content (AvgIpc) is 2.96. The largest absolute Gasteiger partial charge is 0.497 e. The first kappa shape index (κ1) is 28.4. The van der Waals surface area contributed by atoms with Gasteiger partial charge in [-0.1, -0.05) is 36.2 Å². The lowest BCUT2D eigenvalue weighted by Gasteiger charge is -2.41. The molecular formula is C32H34FN5O2S. The summed E-state index contributed by atoms with van der Waals surface area (Å²) < 4.78 is 26.3. The molecule has 7 nitrogen and oxygen atoms in total. The van der Waals surface area contributed by atoms with Gasteiger partial charge in [0.25, 0.3) is 0 Å². The number of rotatable bonds is 11. The van der Waals surface area contributed by atoms with Crippen molar-refractivity contribution in [1.82, 2.24) is 9.29 Å². The van der Waals surface area contributed by atoms with Crippen molar-refractivity contribution < 1.29 is 13.9 Å². The number of benzene rings is 3. The molecule has 0 amide bonds. The van der Waals surface area contributed by atoms with E-state index in [2.05, 4.69) is 43.4 Å². The molecule has 41 heavy (non-hydrogen) atoms. The molecule has 0 saturated carbocycles. The van der Waals surface area contributed by atoms with E-state index in [0.29, 0.717) is 16.6 Å². The van der Waals surface area contributed by atoms with Gasteiger partial charge in [-0.3, -0.25) is 4.99 Å². The predicted molar refractivity (Wildman–Crippen MR) is 166 cm³/mol. The minimum Gasteiger partial charge on any atom is -0.497 e. The summed E-state index contributed by atoms with van der Waals surface area (Å²) in [6.07, 6.45) is 1.77. The first-order chi connectivity index (χ1) is 19.9. The second-order valence-electron chi connectivity index (χ2n) is 9.93. The maximum atomic E-state index is 13.2. The number of nitrogens with zero attached hydrogens (tertiary/aromatic N) is 4. The Bertz CT molecular complexity index is 1420. The van der Waals surface area contributed by atoms with Gasteiger partial charge >= 0.3 is 0 Å². The van der Waals surface area contributed by atoms with Gasteiger partial charge in [-0.05, 0) is 66.6 Å². The van der Waals surface area contributed by atoms with Gasteiger partial charge in [0.1, 0.15) is 23.1 Å². The van der Waals surface area contributed by atoms with Crippen LogP contribution in [0.15, 0.2) is 90.1 Å². The van der Waals surface area contributed by atoms with E-state index < -0.39 is 0 Å². The first-order valence-electron chi connectivity index (χ1n) is 13.4. The number of aliphatic imine (C=N–C) groups is 1. The van der Waals surface area contributed by atoms with Crippen molar-refractivity contribution in [3.8, 4) is 11.5 Å². The third-order valence-corrected chi connectivity index (χ3v) is 8.09. The highest BCUT2D eigenvalue weighted by Crippen LogP contribution is 2.33. The van der Waals surface area contributed by atoms with Crippen LogP contribution in [0, 0.1) is 5.82 Å². The molecule has 5 rings (SSSR count). The van der Waals surface area contributed by atoms with Gasteiger partial charge in [0.2, 0.25) is 0 Å². The minimum absolute atomic E-state index is 0.289. The number of ether oxygens (including phenoxy) is 2. The Balaban J connectivity index is 1.23. The van der Waals surface area contributed by atoms with E-state index in [0.717, 1.165) is 54.8 Å². The maximum absolute atomic E-state index is 13.2. The van der Waals surface area contributed by atoms with Crippen molar-refractivity contribution in [1.29, 1.82) is 0 Å². The summed E-state index contributed by atoms with van der Waals surface area (Å²) in [4.78, 5) is 11.5. The van der Waals surface area contributed by atoms with Gasteiger partial charge < -0.3 is 20.1 Å². The Kier molecular flexibility index (Phi) is 9.06. The SMILES string of the molecule is COc1ccc(CN(Cc2ccc(OC)cc2)SC2CN(c3cc(N)c(C(C)=Nc4ccc(F)cc4)cn3)C2)cc1. The molecule has 0 aliphatic carbocycles. The number of aromatic nitrogens is 1. The van der Waals surface area contributed by atoms with E-state index in [1.807, 2.05) is 49.2 Å². The van der Waals surface area contributed by atoms with E-state index in [4.69, 9.17) is 15.2 Å². The lowest BCUT2D eigenvalue weighted by Crippen LogP contribution is -2.50. The highest BCUT2D eigenvalue weighted by Gasteiger charge is 2.31. The number of hydrogen-bond acceptors (Lipinski definition) is 8. The lowest BCUT2D eigenvalue weighted by molar-refractivity contribution is 0.412. The Labute approximate surface area is 245 Å². The van der Waals surface area contributed by atoms with Crippen molar-refractivity contribution in [2.75, 3.05) is 37.9 Å². The molecule has 3 aromatic carbocycles. The van der Waals surface area contributed by atoms with E-state index in [-0.39, 0.29) is 5.82 Å². The summed E-state index contributed by atoms with van der Waals surface area (Å²) in [7, 11) is 3.36. The number of methoxy groups -OCH3 is 2. The number of nitrogen functional groups attached to an aromatic ring is 1. The average molecular weight is 572 g/mol. The molecule has 0 radical (unpaired) electrons. The fraction of sp³-hybridized carbons (Fsp3) is 0.250. The van der Waals surface area contributed by atoms with Gasteiger partial charge in [-0.2, -0.15) is 0 Å². The number of pyridine rings is 1. The molecule has 0 bridgehead atoms. The quantitative estimate of drug-likeness (QED) is 0.163. The van der Waals surface area contributed by atoms with Gasteiger partial charge in [0.05, 0.1) is 25.2 Å². The van der Waals surface area contributed by atoms with Crippen LogP contribution in [0.3, 0.4) is 0 Å². The standard InChI is InChI=1S/C32H34FN5O2S/c1-22(36-26-10-8-25(33)9-11-26)30-17-35-32(16-31(30)34)37-20-29(21-37)41-38(18-23-4-12-27(39-2)13-5-23)19-24-6-14-28(40-3)15-7-24/h4-17,29H,18-21H2,1-3H3,(H2,34,35). The normalized spacial score (nSPS) is 13.8. The van der Waals surface area contributed by atoms with Gasteiger partial charge in [0.15, 0.2) is 0 Å². The monoisotopic (exact) mass is 571 g/mol. The maximum Gasteiger partial charge on any atom is 0.130 e. The number of anilines is 2. The van der Waals surface area contributed by atoms with Crippen LogP contribution in [0.4, 0.5) is 21.6 Å². The van der Waals surface area contributed by atoms with Crippen LogP contribution in [0.1, 0.15) is 23.6 Å². The van der Waals surface area contributed by atoms with Gasteiger partial charge in [-0.15, -0.1) is 0 Å². The van der Waals surface area contributed by atoms with Crippen molar-refractivity contribution in [2.24, 2.45) is 4.99 Å². The second-order valence-corrected chi connectivity index (χ2v) is 11.3. The highest BCUT2D eigenvalue weighted by atomic mass is 32.2. The molecule has 1 aromatic heterocycles. The van der Waals surface area contributed by atoms with E-state index in [1.165, 1.54) is 23.3 Å². The van der Waals surface area contributed by atoms with Crippen LogP contribution in [-0.4, -0.2) is 47.6 Å². The van der Waals surface area contributed by atoms with E-state index in [1.54, 1.807) is 32.5 Å². The van der Waals surface area contributed by atoms with E-state index in [9.17, 15) is 4.39 Å². The number of hydrogen-bond donors (Lipinski definition) is 1. The molecule has 1 aliphatic heterocycles. The molecule has 4 aromatic rings. The molecule has 0 atom stereocenters. The topological polar surface area (TPSA) is 76.2 Å². The molecule has 1 aliphatic rings.